The Balaban J connectivity index is 2.41. The summed E-state index contributed by atoms with van der Waals surface area (Å²) in [7, 11) is 0. The van der Waals surface area contributed by atoms with Gasteiger partial charge in [-0.05, 0) is 25.7 Å². The van der Waals surface area contributed by atoms with E-state index in [0.717, 1.165) is 25.8 Å². The van der Waals surface area contributed by atoms with Gasteiger partial charge in [0.15, 0.2) is 0 Å². The van der Waals surface area contributed by atoms with E-state index in [0.29, 0.717) is 6.04 Å². The largest absolute Gasteiger partial charge is 0.258 e. The standard InChI is InChI=1S/C7H14N2O/c1-2-7-5-3-4-6-9(7)8-10/h7H,2-6H2,1H3/t7-/m0/s1. The minimum Gasteiger partial charge on any atom is -0.258 e. The second kappa shape index (κ2) is 3.54. The zero-order valence-corrected chi connectivity index (χ0v) is 6.42. The third-order valence-corrected chi connectivity index (χ3v) is 2.17. The first-order valence-corrected chi connectivity index (χ1v) is 3.98. The molecule has 0 N–H and O–H groups in total. The van der Waals surface area contributed by atoms with Crippen LogP contribution < -0.4 is 0 Å². The molecule has 10 heavy (non-hydrogen) atoms. The molecule has 0 unspecified atom stereocenters. The van der Waals surface area contributed by atoms with E-state index in [-0.39, 0.29) is 0 Å². The van der Waals surface area contributed by atoms with Crippen molar-refractivity contribution in [3.8, 4) is 0 Å². The lowest BCUT2D eigenvalue weighted by Crippen LogP contribution is -2.34. The van der Waals surface area contributed by atoms with E-state index in [1.807, 2.05) is 0 Å². The first-order valence-electron chi connectivity index (χ1n) is 3.98. The van der Waals surface area contributed by atoms with Crippen molar-refractivity contribution in [3.63, 3.8) is 0 Å². The number of piperidine rings is 1. The maximum Gasteiger partial charge on any atom is 0.0526 e. The van der Waals surface area contributed by atoms with Gasteiger partial charge in [-0.2, -0.15) is 0 Å². The molecule has 1 atom stereocenters. The molecule has 0 saturated carbocycles. The van der Waals surface area contributed by atoms with Gasteiger partial charge in [-0.15, -0.1) is 4.91 Å². The van der Waals surface area contributed by atoms with Gasteiger partial charge in [0.1, 0.15) is 0 Å². The monoisotopic (exact) mass is 142 g/mol. The summed E-state index contributed by atoms with van der Waals surface area (Å²) in [5, 5.41) is 4.67. The minimum absolute atomic E-state index is 0.422. The molecule has 0 bridgehead atoms. The third kappa shape index (κ3) is 1.46. The first-order chi connectivity index (χ1) is 4.88. The van der Waals surface area contributed by atoms with Crippen molar-refractivity contribution in [1.29, 1.82) is 0 Å². The SMILES string of the molecule is CC[C@H]1CCCCN1N=O. The molecule has 1 aliphatic rings. The molecule has 0 radical (unpaired) electrons. The van der Waals surface area contributed by atoms with Gasteiger partial charge >= 0.3 is 0 Å². The third-order valence-electron chi connectivity index (χ3n) is 2.17. The van der Waals surface area contributed by atoms with Crippen LogP contribution in [-0.2, 0) is 0 Å². The van der Waals surface area contributed by atoms with Crippen molar-refractivity contribution in [2.24, 2.45) is 5.29 Å². The summed E-state index contributed by atoms with van der Waals surface area (Å²) in [6.07, 6.45) is 4.57. The van der Waals surface area contributed by atoms with Crippen LogP contribution in [-0.4, -0.2) is 17.6 Å². The lowest BCUT2D eigenvalue weighted by Gasteiger charge is -2.29. The Labute approximate surface area is 61.3 Å². The van der Waals surface area contributed by atoms with Crippen LogP contribution in [0.15, 0.2) is 5.29 Å². The number of rotatable bonds is 2. The molecule has 0 spiro atoms. The van der Waals surface area contributed by atoms with Crippen molar-refractivity contribution in [3.05, 3.63) is 4.91 Å². The summed E-state index contributed by atoms with van der Waals surface area (Å²) in [5.41, 5.74) is 0. The molecule has 0 amide bonds. The lowest BCUT2D eigenvalue weighted by atomic mass is 10.0. The van der Waals surface area contributed by atoms with E-state index < -0.39 is 0 Å². The molecule has 0 aromatic heterocycles. The van der Waals surface area contributed by atoms with Gasteiger partial charge in [-0.25, -0.2) is 0 Å². The summed E-state index contributed by atoms with van der Waals surface area (Å²) in [5.74, 6) is 0. The first kappa shape index (κ1) is 7.51. The Bertz CT molecular complexity index is 116. The molecule has 1 fully saturated rings. The van der Waals surface area contributed by atoms with Crippen LogP contribution in [0.25, 0.3) is 0 Å². The van der Waals surface area contributed by atoms with Crippen LogP contribution in [0, 0.1) is 4.91 Å². The quantitative estimate of drug-likeness (QED) is 0.552. The molecule has 1 aliphatic heterocycles. The van der Waals surface area contributed by atoms with Gasteiger partial charge < -0.3 is 0 Å². The highest BCUT2D eigenvalue weighted by atomic mass is 16.3. The second-order valence-corrected chi connectivity index (χ2v) is 2.80. The smallest absolute Gasteiger partial charge is 0.0526 e. The lowest BCUT2D eigenvalue weighted by molar-refractivity contribution is 0.147. The van der Waals surface area contributed by atoms with Crippen LogP contribution >= 0.6 is 0 Å². The summed E-state index contributed by atoms with van der Waals surface area (Å²) >= 11 is 0. The van der Waals surface area contributed by atoms with Crippen LogP contribution in [0.5, 0.6) is 0 Å². The average molecular weight is 142 g/mol. The van der Waals surface area contributed by atoms with Gasteiger partial charge in [-0.3, -0.25) is 5.01 Å². The van der Waals surface area contributed by atoms with Gasteiger partial charge in [0, 0.05) is 12.6 Å². The Morgan fingerprint density at radius 2 is 2.40 bits per heavy atom. The topological polar surface area (TPSA) is 32.7 Å². The Morgan fingerprint density at radius 3 is 2.90 bits per heavy atom. The van der Waals surface area contributed by atoms with Crippen molar-refractivity contribution in [2.75, 3.05) is 6.54 Å². The molecule has 0 aliphatic carbocycles. The number of nitroso groups, excluding NO2 is 1. The number of nitrogens with zero attached hydrogens (tertiary/aromatic N) is 2. The second-order valence-electron chi connectivity index (χ2n) is 2.80. The molecule has 3 heteroatoms. The highest BCUT2D eigenvalue weighted by Crippen LogP contribution is 2.18. The Morgan fingerprint density at radius 1 is 1.60 bits per heavy atom. The molecule has 0 aromatic rings. The number of hydrogen-bond acceptors (Lipinski definition) is 2. The predicted octanol–water partition coefficient (Wildman–Crippen LogP) is 1.93. The fourth-order valence-corrected chi connectivity index (χ4v) is 1.51. The van der Waals surface area contributed by atoms with Gasteiger partial charge in [0.25, 0.3) is 0 Å². The van der Waals surface area contributed by atoms with Crippen LogP contribution in [0.2, 0.25) is 0 Å². The van der Waals surface area contributed by atoms with Crippen molar-refractivity contribution in [1.82, 2.24) is 5.01 Å². The molecule has 1 rings (SSSR count). The minimum atomic E-state index is 0.422. The molecule has 58 valence electrons. The van der Waals surface area contributed by atoms with Crippen LogP contribution in [0.4, 0.5) is 0 Å². The average Bonchev–Trinajstić information content (AvgIpc) is 2.04. The van der Waals surface area contributed by atoms with E-state index in [4.69, 9.17) is 0 Å². The van der Waals surface area contributed by atoms with Gasteiger partial charge in [0.05, 0.1) is 5.29 Å². The summed E-state index contributed by atoms with van der Waals surface area (Å²) in [6, 6.07) is 0.422. The molecule has 1 heterocycles. The van der Waals surface area contributed by atoms with Crippen molar-refractivity contribution >= 4 is 0 Å². The molecular weight excluding hydrogens is 128 g/mol. The van der Waals surface area contributed by atoms with E-state index in [1.165, 1.54) is 6.42 Å². The van der Waals surface area contributed by atoms with Crippen LogP contribution in [0.3, 0.4) is 0 Å². The number of hydrogen-bond donors (Lipinski definition) is 0. The van der Waals surface area contributed by atoms with E-state index in [9.17, 15) is 4.91 Å². The zero-order valence-electron chi connectivity index (χ0n) is 6.42. The fourth-order valence-electron chi connectivity index (χ4n) is 1.51. The Kier molecular flexibility index (Phi) is 2.66. The maximum atomic E-state index is 10.2. The molecular formula is C7H14N2O. The Hall–Kier alpha value is -0.600. The van der Waals surface area contributed by atoms with Crippen molar-refractivity contribution in [2.45, 2.75) is 38.6 Å². The highest BCUT2D eigenvalue weighted by molar-refractivity contribution is 4.71. The molecule has 1 saturated heterocycles. The summed E-state index contributed by atoms with van der Waals surface area (Å²) in [4.78, 5) is 10.2. The van der Waals surface area contributed by atoms with E-state index in [1.54, 1.807) is 5.01 Å². The van der Waals surface area contributed by atoms with E-state index >= 15 is 0 Å². The van der Waals surface area contributed by atoms with E-state index in [2.05, 4.69) is 12.2 Å². The maximum absolute atomic E-state index is 10.2. The summed E-state index contributed by atoms with van der Waals surface area (Å²) < 4.78 is 0. The zero-order chi connectivity index (χ0) is 7.40. The fraction of sp³-hybridized carbons (Fsp3) is 1.00. The summed E-state index contributed by atoms with van der Waals surface area (Å²) in [6.45, 7) is 2.97. The van der Waals surface area contributed by atoms with Gasteiger partial charge in [-0.1, -0.05) is 6.92 Å². The normalized spacial score (nSPS) is 26.5. The highest BCUT2D eigenvalue weighted by Gasteiger charge is 2.19. The molecule has 0 aromatic carbocycles. The van der Waals surface area contributed by atoms with Crippen LogP contribution in [0.1, 0.15) is 32.6 Å². The van der Waals surface area contributed by atoms with Gasteiger partial charge in [0.2, 0.25) is 0 Å². The predicted molar refractivity (Wildman–Crippen MR) is 40.4 cm³/mol. The van der Waals surface area contributed by atoms with Crippen molar-refractivity contribution < 1.29 is 0 Å². The molecule has 3 nitrogen and oxygen atoms in total.